The Balaban J connectivity index is 1.85. The second-order valence-corrected chi connectivity index (χ2v) is 5.74. The van der Waals surface area contributed by atoms with E-state index < -0.39 is 0 Å². The fraction of sp³-hybridized carbons (Fsp3) is 0.250. The van der Waals surface area contributed by atoms with Crippen LogP contribution in [0.15, 0.2) is 42.6 Å². The summed E-state index contributed by atoms with van der Waals surface area (Å²) in [7, 11) is 0. The summed E-state index contributed by atoms with van der Waals surface area (Å²) in [5.74, 6) is 2.49. The molecule has 0 fully saturated rings. The number of terminal acetylenes is 1. The number of fused-ring (bicyclic) bond motifs is 1. The normalized spacial score (nSPS) is 10.7. The zero-order valence-electron chi connectivity index (χ0n) is 14.0. The zero-order chi connectivity index (χ0) is 16.9. The van der Waals surface area contributed by atoms with Crippen LogP contribution in [0.25, 0.3) is 5.65 Å². The van der Waals surface area contributed by atoms with E-state index in [0.717, 1.165) is 29.3 Å². The minimum atomic E-state index is 0.303. The molecule has 0 atom stereocenters. The van der Waals surface area contributed by atoms with Crippen molar-refractivity contribution in [3.63, 3.8) is 0 Å². The highest BCUT2D eigenvalue weighted by atomic mass is 16.5. The number of nitrogens with zero attached hydrogens (tertiary/aromatic N) is 2. The van der Waals surface area contributed by atoms with E-state index in [-0.39, 0.29) is 0 Å². The summed E-state index contributed by atoms with van der Waals surface area (Å²) in [5.41, 5.74) is 6.45. The number of nitrogens with one attached hydrogen (secondary N) is 1. The number of pyridine rings is 1. The van der Waals surface area contributed by atoms with E-state index in [0.29, 0.717) is 13.2 Å². The predicted molar refractivity (Wildman–Crippen MR) is 96.9 cm³/mol. The monoisotopic (exact) mass is 319 g/mol. The van der Waals surface area contributed by atoms with Crippen molar-refractivity contribution in [2.45, 2.75) is 27.0 Å². The number of aromatic nitrogens is 2. The van der Waals surface area contributed by atoms with E-state index >= 15 is 0 Å². The topological polar surface area (TPSA) is 38.6 Å². The third-order valence-corrected chi connectivity index (χ3v) is 4.10. The van der Waals surface area contributed by atoms with Crippen LogP contribution < -0.4 is 5.32 Å². The molecule has 0 aliphatic carbocycles. The second kappa shape index (κ2) is 7.20. The highest BCUT2D eigenvalue weighted by Crippen LogP contribution is 2.21. The second-order valence-electron chi connectivity index (χ2n) is 5.74. The molecule has 0 unspecified atom stereocenters. The van der Waals surface area contributed by atoms with E-state index in [4.69, 9.17) is 16.1 Å². The molecular formula is C20H21N3O. The van der Waals surface area contributed by atoms with Crippen molar-refractivity contribution in [3.8, 4) is 12.3 Å². The molecule has 2 heterocycles. The van der Waals surface area contributed by atoms with Gasteiger partial charge in [0.15, 0.2) is 5.65 Å². The maximum absolute atomic E-state index is 5.48. The van der Waals surface area contributed by atoms with Crippen LogP contribution in [0.5, 0.6) is 0 Å². The fourth-order valence-electron chi connectivity index (χ4n) is 2.75. The minimum absolute atomic E-state index is 0.303. The van der Waals surface area contributed by atoms with Gasteiger partial charge in [-0.15, -0.1) is 6.42 Å². The summed E-state index contributed by atoms with van der Waals surface area (Å²) in [5, 5.41) is 3.50. The van der Waals surface area contributed by atoms with Gasteiger partial charge in [0.2, 0.25) is 0 Å². The van der Waals surface area contributed by atoms with Crippen LogP contribution in [0, 0.1) is 26.2 Å². The molecule has 0 spiro atoms. The van der Waals surface area contributed by atoms with E-state index in [1.54, 1.807) is 0 Å². The Morgan fingerprint density at radius 2 is 2.04 bits per heavy atom. The summed E-state index contributed by atoms with van der Waals surface area (Å²) >= 11 is 0. The van der Waals surface area contributed by atoms with Crippen molar-refractivity contribution in [2.24, 2.45) is 0 Å². The van der Waals surface area contributed by atoms with Gasteiger partial charge in [0.05, 0.1) is 23.7 Å². The van der Waals surface area contributed by atoms with E-state index in [9.17, 15) is 0 Å². The van der Waals surface area contributed by atoms with Crippen LogP contribution in [0.1, 0.15) is 22.5 Å². The molecule has 2 aromatic heterocycles. The van der Waals surface area contributed by atoms with Crippen molar-refractivity contribution in [1.82, 2.24) is 9.38 Å². The molecular weight excluding hydrogens is 298 g/mol. The van der Waals surface area contributed by atoms with Crippen molar-refractivity contribution < 1.29 is 4.74 Å². The predicted octanol–water partition coefficient (Wildman–Crippen LogP) is 3.71. The first-order chi connectivity index (χ1) is 11.7. The number of benzene rings is 1. The molecule has 4 nitrogen and oxygen atoms in total. The average Bonchev–Trinajstić information content (AvgIpc) is 2.91. The zero-order valence-corrected chi connectivity index (χ0v) is 14.0. The minimum Gasteiger partial charge on any atom is -0.378 e. The first kappa shape index (κ1) is 16.1. The first-order valence-electron chi connectivity index (χ1n) is 7.97. The molecule has 1 N–H and O–H groups in total. The number of imidazole rings is 1. The van der Waals surface area contributed by atoms with Crippen LogP contribution in [-0.2, 0) is 17.9 Å². The van der Waals surface area contributed by atoms with Crippen molar-refractivity contribution in [2.75, 3.05) is 11.9 Å². The molecule has 4 heteroatoms. The highest BCUT2D eigenvalue weighted by Gasteiger charge is 2.11. The van der Waals surface area contributed by atoms with E-state index in [1.807, 2.05) is 25.3 Å². The van der Waals surface area contributed by atoms with Gasteiger partial charge >= 0.3 is 0 Å². The summed E-state index contributed by atoms with van der Waals surface area (Å²) in [6.07, 6.45) is 7.25. The largest absolute Gasteiger partial charge is 0.378 e. The van der Waals surface area contributed by atoms with E-state index in [1.165, 1.54) is 11.1 Å². The number of ether oxygens (including phenoxy) is 1. The molecule has 1 aromatic carbocycles. The lowest BCUT2D eigenvalue weighted by Gasteiger charge is -2.10. The molecule has 0 bridgehead atoms. The summed E-state index contributed by atoms with van der Waals surface area (Å²) in [6, 6.07) is 12.4. The lowest BCUT2D eigenvalue weighted by atomic mass is 10.1. The molecule has 0 aliphatic rings. The quantitative estimate of drug-likeness (QED) is 0.556. The number of anilines is 1. The molecule has 3 rings (SSSR count). The number of aryl methyl sites for hydroxylation is 2. The summed E-state index contributed by atoms with van der Waals surface area (Å²) < 4.78 is 7.55. The van der Waals surface area contributed by atoms with Gasteiger partial charge in [-0.05, 0) is 37.1 Å². The summed E-state index contributed by atoms with van der Waals surface area (Å²) in [4.78, 5) is 4.70. The lowest BCUT2D eigenvalue weighted by Crippen LogP contribution is -2.04. The number of hydrogen-bond donors (Lipinski definition) is 1. The molecule has 0 aliphatic heterocycles. The van der Waals surface area contributed by atoms with Crippen LogP contribution in [0.4, 0.5) is 5.69 Å². The Morgan fingerprint density at radius 3 is 2.83 bits per heavy atom. The van der Waals surface area contributed by atoms with Gasteiger partial charge in [0.25, 0.3) is 0 Å². The standard InChI is InChI=1S/C20H21N3O/c1-4-12-24-14-19-16(3)22-20-18(10-7-11-23(19)20)21-13-17-9-6-5-8-15(17)2/h1,5-11,21H,12-14H2,2-3H3. The molecule has 3 aromatic rings. The third-order valence-electron chi connectivity index (χ3n) is 4.10. The van der Waals surface area contributed by atoms with Crippen molar-refractivity contribution >= 4 is 11.3 Å². The molecule has 0 saturated heterocycles. The van der Waals surface area contributed by atoms with Crippen LogP contribution in [-0.4, -0.2) is 16.0 Å². The van der Waals surface area contributed by atoms with Crippen molar-refractivity contribution in [1.29, 1.82) is 0 Å². The van der Waals surface area contributed by atoms with Gasteiger partial charge in [-0.3, -0.25) is 4.40 Å². The summed E-state index contributed by atoms with van der Waals surface area (Å²) in [6.45, 7) is 5.64. The Bertz CT molecular complexity index is 890. The van der Waals surface area contributed by atoms with Gasteiger partial charge in [0, 0.05) is 12.7 Å². The molecule has 0 radical (unpaired) electrons. The molecule has 0 amide bonds. The number of hydrogen-bond acceptors (Lipinski definition) is 3. The van der Waals surface area contributed by atoms with Gasteiger partial charge < -0.3 is 10.1 Å². The Morgan fingerprint density at radius 1 is 1.21 bits per heavy atom. The van der Waals surface area contributed by atoms with Gasteiger partial charge in [-0.2, -0.15) is 0 Å². The third kappa shape index (κ3) is 3.27. The lowest BCUT2D eigenvalue weighted by molar-refractivity contribution is 0.149. The van der Waals surface area contributed by atoms with Gasteiger partial charge in [-0.1, -0.05) is 30.2 Å². The highest BCUT2D eigenvalue weighted by molar-refractivity contribution is 5.68. The number of rotatable bonds is 6. The van der Waals surface area contributed by atoms with E-state index in [2.05, 4.69) is 46.8 Å². The Hall–Kier alpha value is -2.77. The SMILES string of the molecule is C#CCOCc1c(C)nc2c(NCc3ccccc3C)cccn12. The first-order valence-corrected chi connectivity index (χ1v) is 7.97. The van der Waals surface area contributed by atoms with Crippen LogP contribution in [0.2, 0.25) is 0 Å². The molecule has 122 valence electrons. The van der Waals surface area contributed by atoms with Crippen molar-refractivity contribution in [3.05, 3.63) is 65.1 Å². The molecule has 24 heavy (non-hydrogen) atoms. The average molecular weight is 319 g/mol. The maximum Gasteiger partial charge on any atom is 0.160 e. The maximum atomic E-state index is 5.48. The smallest absolute Gasteiger partial charge is 0.160 e. The van der Waals surface area contributed by atoms with Crippen LogP contribution in [0.3, 0.4) is 0 Å². The fourth-order valence-corrected chi connectivity index (χ4v) is 2.75. The van der Waals surface area contributed by atoms with Gasteiger partial charge in [-0.25, -0.2) is 4.98 Å². The van der Waals surface area contributed by atoms with Crippen LogP contribution >= 0.6 is 0 Å². The Labute approximate surface area is 142 Å². The molecule has 0 saturated carbocycles. The Kier molecular flexibility index (Phi) is 4.83. The van der Waals surface area contributed by atoms with Gasteiger partial charge in [0.1, 0.15) is 6.61 Å².